The highest BCUT2D eigenvalue weighted by atomic mass is 79.9. The molecule has 1 nitrogen and oxygen atoms in total. The molecule has 0 amide bonds. The Hall–Kier alpha value is -1.06. The number of ether oxygens (including phenoxy) is 1. The van der Waals surface area contributed by atoms with Crippen molar-refractivity contribution < 1.29 is 9.13 Å². The van der Waals surface area contributed by atoms with E-state index in [-0.39, 0.29) is 16.7 Å². The third-order valence-corrected chi connectivity index (χ3v) is 4.71. The largest absolute Gasteiger partial charge is 0.490 e. The molecule has 2 unspecified atom stereocenters. The van der Waals surface area contributed by atoms with Crippen molar-refractivity contribution in [3.8, 4) is 5.75 Å². The molecule has 0 spiro atoms. The minimum absolute atomic E-state index is 0.194. The second kappa shape index (κ2) is 5.38. The van der Waals surface area contributed by atoms with Crippen molar-refractivity contribution in [3.63, 3.8) is 0 Å². The number of rotatable bonds is 2. The molecule has 0 saturated carbocycles. The fourth-order valence-corrected chi connectivity index (χ4v) is 3.30. The summed E-state index contributed by atoms with van der Waals surface area (Å²) in [5.74, 6) is 0.627. The summed E-state index contributed by atoms with van der Waals surface area (Å²) >= 11 is 9.36. The highest BCUT2D eigenvalue weighted by Crippen LogP contribution is 2.37. The lowest BCUT2D eigenvalue weighted by Crippen LogP contribution is -2.05. The van der Waals surface area contributed by atoms with E-state index in [1.807, 2.05) is 19.1 Å². The minimum atomic E-state index is -0.301. The number of halogens is 3. The topological polar surface area (TPSA) is 9.23 Å². The van der Waals surface area contributed by atoms with Gasteiger partial charge in [-0.2, -0.15) is 0 Å². The Morgan fingerprint density at radius 1 is 1.30 bits per heavy atom. The zero-order valence-electron chi connectivity index (χ0n) is 10.9. The molecule has 0 N–H and O–H groups in total. The zero-order valence-corrected chi connectivity index (χ0v) is 13.2. The van der Waals surface area contributed by atoms with Crippen LogP contribution < -0.4 is 4.74 Å². The fraction of sp³-hybridized carbons (Fsp3) is 0.250. The van der Waals surface area contributed by atoms with Crippen molar-refractivity contribution in [2.24, 2.45) is 0 Å². The second-order valence-corrected chi connectivity index (χ2v) is 6.38. The van der Waals surface area contributed by atoms with Gasteiger partial charge in [-0.15, -0.1) is 0 Å². The predicted molar refractivity (Wildman–Crippen MR) is 82.4 cm³/mol. The Labute approximate surface area is 130 Å². The van der Waals surface area contributed by atoms with Crippen LogP contribution in [0.2, 0.25) is 5.02 Å². The van der Waals surface area contributed by atoms with E-state index >= 15 is 0 Å². The Morgan fingerprint density at radius 3 is 2.85 bits per heavy atom. The summed E-state index contributed by atoms with van der Waals surface area (Å²) in [5, 5.41) is 0.405. The lowest BCUT2D eigenvalue weighted by molar-refractivity contribution is 0.254. The van der Waals surface area contributed by atoms with Crippen molar-refractivity contribution in [3.05, 3.63) is 63.9 Å². The van der Waals surface area contributed by atoms with Crippen LogP contribution in [-0.4, -0.2) is 6.10 Å². The summed E-state index contributed by atoms with van der Waals surface area (Å²) in [5.41, 5.74) is 2.78. The fourth-order valence-electron chi connectivity index (χ4n) is 2.49. The van der Waals surface area contributed by atoms with Crippen molar-refractivity contribution in [1.29, 1.82) is 0 Å². The molecule has 20 heavy (non-hydrogen) atoms. The zero-order chi connectivity index (χ0) is 14.3. The molecule has 0 aromatic heterocycles. The Morgan fingerprint density at radius 2 is 2.10 bits per heavy atom. The predicted octanol–water partition coefficient (Wildman–Crippen LogP) is 5.29. The molecule has 2 atom stereocenters. The van der Waals surface area contributed by atoms with Crippen LogP contribution >= 0.6 is 27.5 Å². The molecule has 0 aliphatic carbocycles. The van der Waals surface area contributed by atoms with Gasteiger partial charge in [-0.05, 0) is 36.2 Å². The van der Waals surface area contributed by atoms with E-state index in [1.54, 1.807) is 12.1 Å². The molecule has 0 radical (unpaired) electrons. The third-order valence-electron chi connectivity index (χ3n) is 3.45. The van der Waals surface area contributed by atoms with Crippen LogP contribution in [0.5, 0.6) is 5.75 Å². The van der Waals surface area contributed by atoms with Crippen molar-refractivity contribution in [2.75, 3.05) is 0 Å². The SMILES string of the molecule is CC1Cc2cc(C(Br)c3ccc(Cl)cc3F)ccc2O1. The molecule has 3 rings (SSSR count). The van der Waals surface area contributed by atoms with Crippen LogP contribution in [0.15, 0.2) is 36.4 Å². The van der Waals surface area contributed by atoms with E-state index in [2.05, 4.69) is 22.0 Å². The van der Waals surface area contributed by atoms with Gasteiger partial charge in [0.15, 0.2) is 0 Å². The highest BCUT2D eigenvalue weighted by Gasteiger charge is 2.22. The quantitative estimate of drug-likeness (QED) is 0.665. The standard InChI is InChI=1S/C16H13BrClFO/c1-9-6-11-7-10(2-5-15(11)20-9)16(17)13-4-3-12(18)8-14(13)19/h2-5,7-9,16H,6H2,1H3. The Bertz CT molecular complexity index is 659. The maximum atomic E-state index is 14.0. The first-order chi connectivity index (χ1) is 9.54. The number of alkyl halides is 1. The van der Waals surface area contributed by atoms with Gasteiger partial charge >= 0.3 is 0 Å². The maximum absolute atomic E-state index is 14.0. The molecule has 1 heterocycles. The molecule has 0 fully saturated rings. The molecule has 1 aliphatic heterocycles. The van der Waals surface area contributed by atoms with Gasteiger partial charge in [-0.1, -0.05) is 45.7 Å². The summed E-state index contributed by atoms with van der Waals surface area (Å²) in [6.07, 6.45) is 1.10. The van der Waals surface area contributed by atoms with E-state index in [0.29, 0.717) is 10.6 Å². The minimum Gasteiger partial charge on any atom is -0.490 e. The lowest BCUT2D eigenvalue weighted by atomic mass is 10.0. The molecule has 104 valence electrons. The Balaban J connectivity index is 1.95. The number of hydrogen-bond acceptors (Lipinski definition) is 1. The van der Waals surface area contributed by atoms with Gasteiger partial charge in [0, 0.05) is 17.0 Å². The summed E-state index contributed by atoms with van der Waals surface area (Å²) in [4.78, 5) is -0.194. The summed E-state index contributed by atoms with van der Waals surface area (Å²) in [6.45, 7) is 2.05. The van der Waals surface area contributed by atoms with Gasteiger partial charge in [0.25, 0.3) is 0 Å². The van der Waals surface area contributed by atoms with Gasteiger partial charge in [0.1, 0.15) is 17.7 Å². The van der Waals surface area contributed by atoms with Gasteiger partial charge in [-0.3, -0.25) is 0 Å². The molecule has 0 saturated heterocycles. The number of fused-ring (bicyclic) bond motifs is 1. The molecular formula is C16H13BrClFO. The molecule has 4 heteroatoms. The van der Waals surface area contributed by atoms with Crippen molar-refractivity contribution >= 4 is 27.5 Å². The average molecular weight is 356 g/mol. The third kappa shape index (κ3) is 2.57. The normalized spacial score (nSPS) is 18.5. The molecule has 2 aromatic carbocycles. The summed E-state index contributed by atoms with van der Waals surface area (Å²) < 4.78 is 19.7. The summed E-state index contributed by atoms with van der Waals surface area (Å²) in [6, 6.07) is 10.7. The monoisotopic (exact) mass is 354 g/mol. The molecule has 2 aromatic rings. The maximum Gasteiger partial charge on any atom is 0.129 e. The van der Waals surface area contributed by atoms with Crippen LogP contribution in [0, 0.1) is 5.82 Å². The average Bonchev–Trinajstić information content (AvgIpc) is 2.77. The molecule has 1 aliphatic rings. The molecule has 0 bridgehead atoms. The second-order valence-electron chi connectivity index (χ2n) is 5.03. The van der Waals surface area contributed by atoms with E-state index in [1.165, 1.54) is 11.6 Å². The van der Waals surface area contributed by atoms with Gasteiger partial charge in [0.2, 0.25) is 0 Å². The van der Waals surface area contributed by atoms with Crippen LogP contribution in [0.3, 0.4) is 0 Å². The number of hydrogen-bond donors (Lipinski definition) is 0. The van der Waals surface area contributed by atoms with Gasteiger partial charge in [-0.25, -0.2) is 4.39 Å². The lowest BCUT2D eigenvalue weighted by Gasteiger charge is -2.13. The van der Waals surface area contributed by atoms with Crippen molar-refractivity contribution in [1.82, 2.24) is 0 Å². The highest BCUT2D eigenvalue weighted by molar-refractivity contribution is 9.09. The summed E-state index contributed by atoms with van der Waals surface area (Å²) in [7, 11) is 0. The van der Waals surface area contributed by atoms with Crippen LogP contribution in [0.25, 0.3) is 0 Å². The van der Waals surface area contributed by atoms with E-state index in [0.717, 1.165) is 17.7 Å². The van der Waals surface area contributed by atoms with Crippen LogP contribution in [-0.2, 0) is 6.42 Å². The smallest absolute Gasteiger partial charge is 0.129 e. The first kappa shape index (κ1) is 13.9. The van der Waals surface area contributed by atoms with E-state index in [9.17, 15) is 4.39 Å². The molecular weight excluding hydrogens is 343 g/mol. The van der Waals surface area contributed by atoms with Crippen molar-refractivity contribution in [2.45, 2.75) is 24.3 Å². The number of benzene rings is 2. The first-order valence-electron chi connectivity index (χ1n) is 6.43. The van der Waals surface area contributed by atoms with Crippen LogP contribution in [0.4, 0.5) is 4.39 Å². The van der Waals surface area contributed by atoms with Crippen LogP contribution in [0.1, 0.15) is 28.4 Å². The van der Waals surface area contributed by atoms with E-state index in [4.69, 9.17) is 16.3 Å². The first-order valence-corrected chi connectivity index (χ1v) is 7.72. The Kier molecular flexibility index (Phi) is 3.74. The van der Waals surface area contributed by atoms with Gasteiger partial charge in [0.05, 0.1) is 4.83 Å². The van der Waals surface area contributed by atoms with Gasteiger partial charge < -0.3 is 4.74 Å². The van der Waals surface area contributed by atoms with E-state index < -0.39 is 0 Å².